The maximum Gasteiger partial charge on any atom is 0.295 e. The Hall–Kier alpha value is -1.15. The van der Waals surface area contributed by atoms with Crippen LogP contribution in [0.5, 0.6) is 0 Å². The summed E-state index contributed by atoms with van der Waals surface area (Å²) in [5, 5.41) is 0.240. The third kappa shape index (κ3) is 3.18. The average molecular weight is 375 g/mol. The van der Waals surface area contributed by atoms with Gasteiger partial charge in [-0.15, -0.1) is 0 Å². The van der Waals surface area contributed by atoms with Crippen molar-refractivity contribution in [1.82, 2.24) is 4.90 Å². The summed E-state index contributed by atoms with van der Waals surface area (Å²) in [4.78, 5) is 1.49. The van der Waals surface area contributed by atoms with Gasteiger partial charge in [0.15, 0.2) is 0 Å². The lowest BCUT2D eigenvalue weighted by molar-refractivity contribution is 0.148. The second-order valence-corrected chi connectivity index (χ2v) is 8.78. The van der Waals surface area contributed by atoms with E-state index in [4.69, 9.17) is 17.3 Å². The van der Waals surface area contributed by atoms with E-state index in [0.717, 1.165) is 11.1 Å². The van der Waals surface area contributed by atoms with Gasteiger partial charge in [-0.05, 0) is 55.5 Å². The number of aryl methyl sites for hydroxylation is 1. The van der Waals surface area contributed by atoms with Gasteiger partial charge in [-0.1, -0.05) is 11.6 Å². The van der Waals surface area contributed by atoms with Crippen LogP contribution in [0, 0.1) is 0 Å². The van der Waals surface area contributed by atoms with Crippen LogP contribution in [0.1, 0.15) is 48.6 Å². The van der Waals surface area contributed by atoms with Crippen molar-refractivity contribution in [3.8, 4) is 0 Å². The summed E-state index contributed by atoms with van der Waals surface area (Å²) >= 11 is 6.24. The SMILES string of the molecule is CC(C)(F)CN1Cc2c(c(S(=O)(=O)O)cc3c2C(N)CC3)C=C1Cl. The summed E-state index contributed by atoms with van der Waals surface area (Å²) < 4.78 is 47.2. The van der Waals surface area contributed by atoms with Crippen LogP contribution < -0.4 is 5.73 Å². The number of fused-ring (bicyclic) bond motifs is 3. The molecule has 0 bridgehead atoms. The summed E-state index contributed by atoms with van der Waals surface area (Å²) in [6.07, 6.45) is 2.83. The Bertz CT molecular complexity index is 831. The van der Waals surface area contributed by atoms with E-state index in [1.54, 1.807) is 4.90 Å². The molecule has 1 aromatic rings. The number of rotatable bonds is 3. The van der Waals surface area contributed by atoms with E-state index in [2.05, 4.69) is 0 Å². The maximum atomic E-state index is 14.1. The molecule has 0 aromatic heterocycles. The van der Waals surface area contributed by atoms with E-state index in [-0.39, 0.29) is 29.2 Å². The lowest BCUT2D eigenvalue weighted by Gasteiger charge is -2.34. The van der Waals surface area contributed by atoms with Crippen LogP contribution in [0.2, 0.25) is 0 Å². The van der Waals surface area contributed by atoms with Gasteiger partial charge in [-0.25, -0.2) is 4.39 Å². The standard InChI is InChI=1S/C16H20ClFN2O3S/c1-16(2,18)8-20-7-11-10(6-14(20)17)13(24(21,22)23)5-9-3-4-12(19)15(9)11/h5-6,12H,3-4,7-8,19H2,1-2H3,(H,21,22,23). The van der Waals surface area contributed by atoms with Crippen LogP contribution in [-0.2, 0) is 23.1 Å². The number of halogens is 2. The zero-order valence-corrected chi connectivity index (χ0v) is 15.1. The van der Waals surface area contributed by atoms with Crippen LogP contribution in [0.3, 0.4) is 0 Å². The van der Waals surface area contributed by atoms with Crippen molar-refractivity contribution >= 4 is 27.8 Å². The summed E-state index contributed by atoms with van der Waals surface area (Å²) in [5.41, 5.74) is 7.49. The minimum absolute atomic E-state index is 0.0713. The molecule has 24 heavy (non-hydrogen) atoms. The van der Waals surface area contributed by atoms with Gasteiger partial charge in [0, 0.05) is 18.2 Å². The molecule has 1 aliphatic heterocycles. The normalized spacial score (nSPS) is 20.7. The first-order valence-corrected chi connectivity index (χ1v) is 9.52. The third-order valence-electron chi connectivity index (χ3n) is 4.42. The molecule has 5 nitrogen and oxygen atoms in total. The molecule has 0 radical (unpaired) electrons. The number of nitrogens with two attached hydrogens (primary N) is 1. The van der Waals surface area contributed by atoms with Gasteiger partial charge in [0.25, 0.3) is 10.1 Å². The fourth-order valence-corrected chi connectivity index (χ4v) is 4.51. The second kappa shape index (κ2) is 5.69. The largest absolute Gasteiger partial charge is 0.355 e. The first-order valence-electron chi connectivity index (χ1n) is 7.70. The van der Waals surface area contributed by atoms with Gasteiger partial charge in [-0.2, -0.15) is 8.42 Å². The molecule has 0 fully saturated rings. The molecule has 0 saturated carbocycles. The van der Waals surface area contributed by atoms with Crippen LogP contribution in [0.25, 0.3) is 6.08 Å². The molecule has 3 N–H and O–H groups in total. The molecular formula is C16H20ClFN2O3S. The van der Waals surface area contributed by atoms with Crippen molar-refractivity contribution in [3.63, 3.8) is 0 Å². The molecule has 1 aromatic carbocycles. The highest BCUT2D eigenvalue weighted by molar-refractivity contribution is 7.86. The van der Waals surface area contributed by atoms with Crippen molar-refractivity contribution in [2.24, 2.45) is 5.73 Å². The predicted molar refractivity (Wildman–Crippen MR) is 90.9 cm³/mol. The second-order valence-electron chi connectivity index (χ2n) is 7.00. The van der Waals surface area contributed by atoms with Crippen molar-refractivity contribution < 1.29 is 17.4 Å². The molecule has 0 amide bonds. The van der Waals surface area contributed by atoms with E-state index < -0.39 is 15.8 Å². The molecular weight excluding hydrogens is 355 g/mol. The van der Waals surface area contributed by atoms with Crippen LogP contribution in [0.4, 0.5) is 4.39 Å². The Morgan fingerprint density at radius 3 is 2.75 bits per heavy atom. The number of benzene rings is 1. The topological polar surface area (TPSA) is 83.6 Å². The van der Waals surface area contributed by atoms with E-state index in [9.17, 15) is 17.4 Å². The summed E-state index contributed by atoms with van der Waals surface area (Å²) in [7, 11) is -4.40. The highest BCUT2D eigenvalue weighted by Crippen LogP contribution is 2.41. The molecule has 1 atom stereocenters. The minimum atomic E-state index is -4.40. The highest BCUT2D eigenvalue weighted by atomic mass is 35.5. The lowest BCUT2D eigenvalue weighted by atomic mass is 9.93. The molecule has 3 rings (SSSR count). The first kappa shape index (κ1) is 17.7. The Morgan fingerprint density at radius 2 is 2.17 bits per heavy atom. The molecule has 1 unspecified atom stereocenters. The van der Waals surface area contributed by atoms with Gasteiger partial charge in [-0.3, -0.25) is 4.55 Å². The highest BCUT2D eigenvalue weighted by Gasteiger charge is 2.33. The summed E-state index contributed by atoms with van der Waals surface area (Å²) in [5.74, 6) is 0. The van der Waals surface area contributed by atoms with Crippen molar-refractivity contribution in [2.75, 3.05) is 6.54 Å². The lowest BCUT2D eigenvalue weighted by Crippen LogP contribution is -2.36. The smallest absolute Gasteiger partial charge is 0.295 e. The zero-order valence-electron chi connectivity index (χ0n) is 13.5. The third-order valence-corrected chi connectivity index (χ3v) is 5.66. The van der Waals surface area contributed by atoms with Gasteiger partial charge in [0.1, 0.15) is 15.7 Å². The van der Waals surface area contributed by atoms with E-state index in [1.807, 2.05) is 0 Å². The van der Waals surface area contributed by atoms with Crippen LogP contribution in [-0.4, -0.2) is 30.1 Å². The molecule has 1 heterocycles. The molecule has 2 aliphatic rings. The van der Waals surface area contributed by atoms with Crippen molar-refractivity contribution in [3.05, 3.63) is 33.5 Å². The predicted octanol–water partition coefficient (Wildman–Crippen LogP) is 2.98. The zero-order chi connectivity index (χ0) is 17.9. The van der Waals surface area contributed by atoms with Crippen molar-refractivity contribution in [2.45, 2.75) is 49.8 Å². The first-order chi connectivity index (χ1) is 11.0. The van der Waals surface area contributed by atoms with Crippen LogP contribution in [0.15, 0.2) is 16.1 Å². The van der Waals surface area contributed by atoms with Gasteiger partial charge in [0.05, 0.1) is 6.54 Å². The number of hydrogen-bond acceptors (Lipinski definition) is 4. The number of hydrogen-bond donors (Lipinski definition) is 2. The van der Waals surface area contributed by atoms with Gasteiger partial charge < -0.3 is 10.6 Å². The number of alkyl halides is 1. The number of nitrogens with zero attached hydrogens (tertiary/aromatic N) is 1. The maximum absolute atomic E-state index is 14.1. The Morgan fingerprint density at radius 1 is 1.50 bits per heavy atom. The molecule has 0 spiro atoms. The fraction of sp³-hybridized carbons (Fsp3) is 0.500. The Labute approximate surface area is 146 Å². The van der Waals surface area contributed by atoms with E-state index in [0.29, 0.717) is 24.0 Å². The van der Waals surface area contributed by atoms with E-state index >= 15 is 0 Å². The van der Waals surface area contributed by atoms with E-state index in [1.165, 1.54) is 26.0 Å². The van der Waals surface area contributed by atoms with Crippen LogP contribution >= 0.6 is 11.6 Å². The molecule has 0 saturated heterocycles. The quantitative estimate of drug-likeness (QED) is 0.627. The van der Waals surface area contributed by atoms with Crippen molar-refractivity contribution in [1.29, 1.82) is 0 Å². The summed E-state index contributed by atoms with van der Waals surface area (Å²) in [6, 6.07) is 1.28. The summed E-state index contributed by atoms with van der Waals surface area (Å²) in [6.45, 7) is 3.24. The fourth-order valence-electron chi connectivity index (χ4n) is 3.53. The average Bonchev–Trinajstić information content (AvgIpc) is 2.78. The minimum Gasteiger partial charge on any atom is -0.355 e. The molecule has 1 aliphatic carbocycles. The van der Waals surface area contributed by atoms with Gasteiger partial charge >= 0.3 is 0 Å². The Kier molecular flexibility index (Phi) is 4.19. The molecule has 8 heteroatoms. The molecule has 132 valence electrons. The monoisotopic (exact) mass is 374 g/mol. The Balaban J connectivity index is 2.20. The van der Waals surface area contributed by atoms with Gasteiger partial charge in [0.2, 0.25) is 0 Å².